The van der Waals surface area contributed by atoms with Crippen molar-refractivity contribution in [2.45, 2.75) is 52.7 Å². The van der Waals surface area contributed by atoms with Gasteiger partial charge < -0.3 is 14.3 Å². The molecule has 3 aliphatic heterocycles. The number of nitrogens with zero attached hydrogens (tertiary/aromatic N) is 3. The van der Waals surface area contributed by atoms with Gasteiger partial charge in [0.25, 0.3) is 0 Å². The van der Waals surface area contributed by atoms with E-state index in [9.17, 15) is 0 Å². The van der Waals surface area contributed by atoms with E-state index >= 15 is 0 Å². The molecule has 324 valence electrons. The Kier molecular flexibility index (Phi) is 8.90. The van der Waals surface area contributed by atoms with Crippen molar-refractivity contribution >= 4 is 118 Å². The number of aryl methyl sites for hydroxylation is 1. The third kappa shape index (κ3) is 5.95. The SMILES string of the molecule is Cc1cc2c3c(c1)N(c1ccc(C(C)(C)C)cc1-c1ccccc1)c1cc4c(cc1B3n1c3sc5ccccc5c3c3c(N(c5ccccc5)c5ccccc5)ccc-2c31)Sc1ccccc1S4. The third-order valence-corrected chi connectivity index (χ3v) is 17.9. The normalized spacial score (nSPS) is 13.4. The van der Waals surface area contributed by atoms with Crippen LogP contribution in [0.2, 0.25) is 0 Å². The zero-order chi connectivity index (χ0) is 45.4. The molecule has 0 atom stereocenters. The highest BCUT2D eigenvalue weighted by molar-refractivity contribution is 8.05. The Morgan fingerprint density at radius 2 is 1.16 bits per heavy atom. The van der Waals surface area contributed by atoms with Gasteiger partial charge in [0.2, 0.25) is 0 Å². The molecule has 68 heavy (non-hydrogen) atoms. The molecular formula is C61H44BN3S3. The van der Waals surface area contributed by atoms with Crippen molar-refractivity contribution in [3.63, 3.8) is 0 Å². The van der Waals surface area contributed by atoms with Gasteiger partial charge in [0.1, 0.15) is 0 Å². The number of rotatable bonds is 5. The van der Waals surface area contributed by atoms with Gasteiger partial charge in [0.15, 0.2) is 0 Å². The first-order chi connectivity index (χ1) is 33.3. The second-order valence-corrected chi connectivity index (χ2v) is 22.5. The molecule has 0 fully saturated rings. The van der Waals surface area contributed by atoms with Gasteiger partial charge in [-0.15, -0.1) is 11.3 Å². The Hall–Kier alpha value is -6.90. The minimum absolute atomic E-state index is 0.0234. The summed E-state index contributed by atoms with van der Waals surface area (Å²) in [4.78, 5) is 11.6. The molecule has 14 rings (SSSR count). The number of thiophene rings is 1. The zero-order valence-corrected chi connectivity index (χ0v) is 40.6. The number of fused-ring (bicyclic) bond motifs is 11. The van der Waals surface area contributed by atoms with Crippen LogP contribution in [-0.2, 0) is 5.41 Å². The van der Waals surface area contributed by atoms with E-state index in [4.69, 9.17) is 0 Å². The van der Waals surface area contributed by atoms with Crippen LogP contribution < -0.4 is 20.7 Å². The Morgan fingerprint density at radius 3 is 1.87 bits per heavy atom. The molecule has 3 aliphatic rings. The quantitative estimate of drug-likeness (QED) is 0.159. The molecule has 0 saturated heterocycles. The molecule has 0 aliphatic carbocycles. The Morgan fingerprint density at radius 1 is 0.515 bits per heavy atom. The molecule has 7 heteroatoms. The summed E-state index contributed by atoms with van der Waals surface area (Å²) in [5.41, 5.74) is 18.7. The minimum Gasteiger partial charge on any atom is -0.367 e. The predicted octanol–water partition coefficient (Wildman–Crippen LogP) is 16.8. The van der Waals surface area contributed by atoms with Gasteiger partial charge in [0, 0.05) is 79.8 Å². The van der Waals surface area contributed by atoms with Crippen LogP contribution in [0.1, 0.15) is 31.9 Å². The number of hydrogen-bond donors (Lipinski definition) is 0. The first-order valence-electron chi connectivity index (χ1n) is 23.4. The number of para-hydroxylation sites is 2. The van der Waals surface area contributed by atoms with Crippen molar-refractivity contribution in [2.24, 2.45) is 0 Å². The maximum atomic E-state index is 2.77. The van der Waals surface area contributed by atoms with Gasteiger partial charge in [0.05, 0.1) is 16.2 Å². The molecule has 0 amide bonds. The van der Waals surface area contributed by atoms with Crippen molar-refractivity contribution in [3.8, 4) is 22.3 Å². The average Bonchev–Trinajstić information content (AvgIpc) is 3.90. The summed E-state index contributed by atoms with van der Waals surface area (Å²) < 4.78 is 4.07. The van der Waals surface area contributed by atoms with Crippen LogP contribution in [-0.4, -0.2) is 11.3 Å². The lowest BCUT2D eigenvalue weighted by Gasteiger charge is -2.42. The molecule has 9 aromatic carbocycles. The van der Waals surface area contributed by atoms with Gasteiger partial charge >= 0.3 is 6.85 Å². The van der Waals surface area contributed by atoms with Crippen molar-refractivity contribution in [3.05, 3.63) is 205 Å². The van der Waals surface area contributed by atoms with Gasteiger partial charge in [-0.05, 0) is 124 Å². The van der Waals surface area contributed by atoms with Crippen molar-refractivity contribution in [1.29, 1.82) is 0 Å². The topological polar surface area (TPSA) is 11.4 Å². The maximum Gasteiger partial charge on any atom is 0.333 e. The first kappa shape index (κ1) is 40.2. The standard InChI is InChI=1S/C61H44BN3S3/c1-37-32-45-42-29-31-48(63(40-20-10-6-11-21-40)41-22-12-7-13-23-41)57-56-43-24-14-15-25-51(43)68-60(56)65(59(42)57)62-46-35-54-55(67-53-27-17-16-26-52(53)66-54)36-49(46)64(50(33-37)58(45)62)47-30-28-39(61(2,3)4)34-44(47)38-18-8-5-9-19-38/h5-36H,1-4H3. The summed E-state index contributed by atoms with van der Waals surface area (Å²) in [6, 6.07) is 72.9. The van der Waals surface area contributed by atoms with Gasteiger partial charge in [-0.25, -0.2) is 0 Å². The van der Waals surface area contributed by atoms with E-state index in [1.165, 1.54) is 118 Å². The second kappa shape index (κ2) is 15.1. The molecule has 0 saturated carbocycles. The average molecular weight is 926 g/mol. The van der Waals surface area contributed by atoms with Crippen LogP contribution in [0.5, 0.6) is 0 Å². The van der Waals surface area contributed by atoms with E-state index in [-0.39, 0.29) is 12.3 Å². The predicted molar refractivity (Wildman–Crippen MR) is 294 cm³/mol. The largest absolute Gasteiger partial charge is 0.367 e. The summed E-state index contributed by atoms with van der Waals surface area (Å²) in [7, 11) is 0. The number of aromatic nitrogens is 1. The molecule has 0 spiro atoms. The molecule has 5 heterocycles. The summed E-state index contributed by atoms with van der Waals surface area (Å²) in [6.45, 7) is 9.16. The van der Waals surface area contributed by atoms with E-state index in [0.29, 0.717) is 0 Å². The third-order valence-electron chi connectivity index (χ3n) is 14.2. The Bertz CT molecular complexity index is 3830. The first-order valence-corrected chi connectivity index (χ1v) is 25.9. The fourth-order valence-corrected chi connectivity index (χ4v) is 14.7. The van der Waals surface area contributed by atoms with E-state index < -0.39 is 0 Å². The summed E-state index contributed by atoms with van der Waals surface area (Å²) in [5, 5.41) is 3.92. The summed E-state index contributed by atoms with van der Waals surface area (Å²) in [6.07, 6.45) is 0. The number of benzene rings is 9. The van der Waals surface area contributed by atoms with Crippen molar-refractivity contribution in [1.82, 2.24) is 4.48 Å². The van der Waals surface area contributed by atoms with Crippen LogP contribution in [0, 0.1) is 6.92 Å². The maximum absolute atomic E-state index is 2.77. The number of anilines is 6. The molecule has 11 aromatic rings. The molecule has 0 unspecified atom stereocenters. The zero-order valence-electron chi connectivity index (χ0n) is 38.1. The summed E-state index contributed by atoms with van der Waals surface area (Å²) >= 11 is 5.75. The fraction of sp³-hybridized carbons (Fsp3) is 0.0820. The van der Waals surface area contributed by atoms with E-state index in [0.717, 1.165) is 11.4 Å². The van der Waals surface area contributed by atoms with Gasteiger partial charge in [-0.1, -0.05) is 160 Å². The fourth-order valence-electron chi connectivity index (χ4n) is 11.2. The van der Waals surface area contributed by atoms with Crippen LogP contribution in [0.3, 0.4) is 0 Å². The van der Waals surface area contributed by atoms with Gasteiger partial charge in [-0.3, -0.25) is 0 Å². The van der Waals surface area contributed by atoms with E-state index in [1.54, 1.807) is 0 Å². The highest BCUT2D eigenvalue weighted by Gasteiger charge is 2.45. The number of hydrogen-bond acceptors (Lipinski definition) is 5. The molecule has 0 bridgehead atoms. The second-order valence-electron chi connectivity index (χ2n) is 19.4. The minimum atomic E-state index is -0.0911. The monoisotopic (exact) mass is 925 g/mol. The van der Waals surface area contributed by atoms with Crippen molar-refractivity contribution in [2.75, 3.05) is 9.80 Å². The van der Waals surface area contributed by atoms with Crippen molar-refractivity contribution < 1.29 is 0 Å². The highest BCUT2D eigenvalue weighted by atomic mass is 32.2. The summed E-state index contributed by atoms with van der Waals surface area (Å²) in [5.74, 6) is 0. The lowest BCUT2D eigenvalue weighted by atomic mass is 9.45. The molecule has 0 N–H and O–H groups in total. The van der Waals surface area contributed by atoms with Crippen LogP contribution in [0.25, 0.3) is 53.5 Å². The Balaban J connectivity index is 1.12. The van der Waals surface area contributed by atoms with E-state index in [1.807, 2.05) is 34.9 Å². The lowest BCUT2D eigenvalue weighted by Crippen LogP contribution is -2.56. The molecule has 3 nitrogen and oxygen atoms in total. The van der Waals surface area contributed by atoms with E-state index in [2.05, 4.69) is 236 Å². The Labute approximate surface area is 409 Å². The van der Waals surface area contributed by atoms with Crippen LogP contribution >= 0.6 is 34.9 Å². The smallest absolute Gasteiger partial charge is 0.333 e. The molecular weight excluding hydrogens is 882 g/mol. The molecule has 2 aromatic heterocycles. The van der Waals surface area contributed by atoms with Crippen LogP contribution in [0.15, 0.2) is 214 Å². The molecule has 0 radical (unpaired) electrons. The highest BCUT2D eigenvalue weighted by Crippen LogP contribution is 2.56. The lowest BCUT2D eigenvalue weighted by molar-refractivity contribution is 0.590. The van der Waals surface area contributed by atoms with Gasteiger partial charge in [-0.2, -0.15) is 0 Å². The van der Waals surface area contributed by atoms with Crippen LogP contribution in [0.4, 0.5) is 34.1 Å².